The van der Waals surface area contributed by atoms with Crippen molar-refractivity contribution >= 4 is 27.5 Å². The lowest BCUT2D eigenvalue weighted by Gasteiger charge is -2.25. The largest absolute Gasteiger partial charge is 0.355 e. The average Bonchev–Trinajstić information content (AvgIpc) is 2.56. The minimum absolute atomic E-state index is 0.0223. The topological polar surface area (TPSA) is 102 Å². The first kappa shape index (κ1) is 18.5. The maximum absolute atomic E-state index is 12.2. The number of piperidine rings is 1. The predicted molar refractivity (Wildman–Crippen MR) is 85.8 cm³/mol. The number of hydrogen-bond acceptors (Lipinski definition) is 6. The zero-order chi connectivity index (χ0) is 17.7. The summed E-state index contributed by atoms with van der Waals surface area (Å²) in [5.74, 6) is -0.550. The number of amides is 2. The van der Waals surface area contributed by atoms with Crippen LogP contribution in [0, 0.1) is 0 Å². The van der Waals surface area contributed by atoms with Gasteiger partial charge in [0.25, 0.3) is 0 Å². The van der Waals surface area contributed by atoms with E-state index in [1.165, 1.54) is 38.5 Å². The Morgan fingerprint density at radius 1 is 1.08 bits per heavy atom. The van der Waals surface area contributed by atoms with E-state index < -0.39 is 16.3 Å². The van der Waals surface area contributed by atoms with Crippen LogP contribution in [0.1, 0.15) is 19.3 Å². The molecule has 1 heterocycles. The number of carbonyl (C=O) groups excluding carboxylic acids is 2. The smallest absolute Gasteiger partial charge is 0.240 e. The van der Waals surface area contributed by atoms with Crippen molar-refractivity contribution in [2.45, 2.75) is 30.4 Å². The number of imide groups is 1. The number of nitrogens with one attached hydrogen (secondary N) is 1. The lowest BCUT2D eigenvalue weighted by atomic mass is 10.1. The van der Waals surface area contributed by atoms with E-state index in [9.17, 15) is 18.0 Å². The number of benzene rings is 1. The highest BCUT2D eigenvalue weighted by Crippen LogP contribution is 2.23. The van der Waals surface area contributed by atoms with E-state index in [0.29, 0.717) is 24.9 Å². The van der Waals surface area contributed by atoms with Crippen LogP contribution in [-0.2, 0) is 29.1 Å². The Morgan fingerprint density at radius 2 is 1.62 bits per heavy atom. The molecule has 1 aliphatic rings. The molecule has 0 atom stereocenters. The maximum Gasteiger partial charge on any atom is 0.240 e. The van der Waals surface area contributed by atoms with Gasteiger partial charge in [0.15, 0.2) is 6.29 Å². The molecule has 1 aliphatic heterocycles. The molecule has 0 spiro atoms. The van der Waals surface area contributed by atoms with Gasteiger partial charge in [-0.2, -0.15) is 0 Å². The summed E-state index contributed by atoms with van der Waals surface area (Å²) < 4.78 is 36.6. The van der Waals surface area contributed by atoms with Gasteiger partial charge < -0.3 is 9.47 Å². The Kier molecular flexibility index (Phi) is 6.05. The van der Waals surface area contributed by atoms with Gasteiger partial charge in [-0.3, -0.25) is 14.5 Å². The fourth-order valence-corrected chi connectivity index (χ4v) is 3.36. The number of sulfonamides is 1. The molecule has 0 unspecified atom stereocenters. The highest BCUT2D eigenvalue weighted by molar-refractivity contribution is 7.89. The molecule has 9 heteroatoms. The van der Waals surface area contributed by atoms with Crippen LogP contribution in [0.2, 0.25) is 0 Å². The normalized spacial score (nSPS) is 16.0. The van der Waals surface area contributed by atoms with Crippen LogP contribution < -0.4 is 9.62 Å². The van der Waals surface area contributed by atoms with Gasteiger partial charge in [-0.25, -0.2) is 13.1 Å². The summed E-state index contributed by atoms with van der Waals surface area (Å²) in [4.78, 5) is 24.9. The average molecular weight is 356 g/mol. The fourth-order valence-electron chi connectivity index (χ4n) is 2.34. The van der Waals surface area contributed by atoms with Crippen molar-refractivity contribution in [1.82, 2.24) is 4.72 Å². The molecule has 8 nitrogen and oxygen atoms in total. The number of nitrogens with zero attached hydrogens (tertiary/aromatic N) is 1. The van der Waals surface area contributed by atoms with Crippen molar-refractivity contribution in [3.63, 3.8) is 0 Å². The summed E-state index contributed by atoms with van der Waals surface area (Å²) in [7, 11) is -0.935. The van der Waals surface area contributed by atoms with E-state index in [2.05, 4.69) is 4.72 Å². The number of carbonyl (C=O) groups is 2. The zero-order valence-corrected chi connectivity index (χ0v) is 14.3. The molecule has 2 rings (SSSR count). The van der Waals surface area contributed by atoms with Gasteiger partial charge in [-0.1, -0.05) is 0 Å². The van der Waals surface area contributed by atoms with E-state index in [1.54, 1.807) is 0 Å². The second-order valence-corrected chi connectivity index (χ2v) is 6.99. The van der Waals surface area contributed by atoms with E-state index in [4.69, 9.17) is 9.47 Å². The van der Waals surface area contributed by atoms with Crippen LogP contribution >= 0.6 is 0 Å². The second-order valence-electron chi connectivity index (χ2n) is 5.22. The molecule has 132 valence electrons. The van der Waals surface area contributed by atoms with Gasteiger partial charge in [0.1, 0.15) is 0 Å². The zero-order valence-electron chi connectivity index (χ0n) is 13.5. The van der Waals surface area contributed by atoms with Crippen molar-refractivity contribution in [3.05, 3.63) is 24.3 Å². The first-order valence-electron chi connectivity index (χ1n) is 7.40. The van der Waals surface area contributed by atoms with E-state index in [-0.39, 0.29) is 23.3 Å². The van der Waals surface area contributed by atoms with Crippen molar-refractivity contribution in [3.8, 4) is 0 Å². The lowest BCUT2D eigenvalue weighted by Crippen LogP contribution is -2.40. The summed E-state index contributed by atoms with van der Waals surface area (Å²) in [6.45, 7) is -0.0415. The Morgan fingerprint density at radius 3 is 2.12 bits per heavy atom. The third-order valence-electron chi connectivity index (χ3n) is 3.65. The van der Waals surface area contributed by atoms with Gasteiger partial charge >= 0.3 is 0 Å². The van der Waals surface area contributed by atoms with Gasteiger partial charge in [-0.15, -0.1) is 0 Å². The highest BCUT2D eigenvalue weighted by atomic mass is 32.2. The first-order chi connectivity index (χ1) is 11.4. The SMILES string of the molecule is COC(CNS(=O)(=O)c1ccc(N2C(=O)CCCC2=O)cc1)OC. The summed E-state index contributed by atoms with van der Waals surface area (Å²) in [5, 5.41) is 0. The molecule has 1 saturated heterocycles. The molecule has 0 radical (unpaired) electrons. The molecule has 0 bridgehead atoms. The quantitative estimate of drug-likeness (QED) is 0.568. The highest BCUT2D eigenvalue weighted by Gasteiger charge is 2.27. The Bertz CT molecular complexity index is 681. The minimum Gasteiger partial charge on any atom is -0.355 e. The molecular weight excluding hydrogens is 336 g/mol. The third kappa shape index (κ3) is 4.18. The third-order valence-corrected chi connectivity index (χ3v) is 5.09. The molecule has 1 N–H and O–H groups in total. The first-order valence-corrected chi connectivity index (χ1v) is 8.88. The fraction of sp³-hybridized carbons (Fsp3) is 0.467. The van der Waals surface area contributed by atoms with Gasteiger partial charge in [-0.05, 0) is 30.7 Å². The lowest BCUT2D eigenvalue weighted by molar-refractivity contribution is -0.129. The second kappa shape index (κ2) is 7.84. The van der Waals surface area contributed by atoms with Crippen molar-refractivity contribution in [2.24, 2.45) is 0 Å². The van der Waals surface area contributed by atoms with Crippen molar-refractivity contribution in [2.75, 3.05) is 25.7 Å². The van der Waals surface area contributed by atoms with Crippen LogP contribution in [-0.4, -0.2) is 47.3 Å². The van der Waals surface area contributed by atoms with Crippen molar-refractivity contribution < 1.29 is 27.5 Å². The molecular formula is C15H20N2O6S. The predicted octanol–water partition coefficient (Wildman–Crippen LogP) is 0.627. The van der Waals surface area contributed by atoms with Crippen LogP contribution in [0.15, 0.2) is 29.2 Å². The summed E-state index contributed by atoms with van der Waals surface area (Å²) >= 11 is 0. The maximum atomic E-state index is 12.2. The van der Waals surface area contributed by atoms with Crippen LogP contribution in [0.5, 0.6) is 0 Å². The van der Waals surface area contributed by atoms with Crippen LogP contribution in [0.25, 0.3) is 0 Å². The summed E-state index contributed by atoms with van der Waals surface area (Å²) in [6, 6.07) is 5.59. The molecule has 0 aliphatic carbocycles. The van der Waals surface area contributed by atoms with E-state index >= 15 is 0 Å². The van der Waals surface area contributed by atoms with Gasteiger partial charge in [0.2, 0.25) is 21.8 Å². The standard InChI is InChI=1S/C15H20N2O6S/c1-22-15(23-2)10-16-24(20,21)12-8-6-11(7-9-12)17-13(18)4-3-5-14(17)19/h6-9,15-16H,3-5,10H2,1-2H3. The molecule has 1 aromatic carbocycles. The number of hydrogen-bond donors (Lipinski definition) is 1. The molecule has 0 saturated carbocycles. The number of rotatable bonds is 7. The summed E-state index contributed by atoms with van der Waals surface area (Å²) in [5.41, 5.74) is 0.371. The number of anilines is 1. The monoisotopic (exact) mass is 356 g/mol. The van der Waals surface area contributed by atoms with E-state index in [0.717, 1.165) is 4.90 Å². The molecule has 0 aromatic heterocycles. The summed E-state index contributed by atoms with van der Waals surface area (Å²) in [6.07, 6.45) is 0.471. The van der Waals surface area contributed by atoms with Crippen LogP contribution in [0.4, 0.5) is 5.69 Å². The van der Waals surface area contributed by atoms with Crippen molar-refractivity contribution in [1.29, 1.82) is 0 Å². The van der Waals surface area contributed by atoms with Gasteiger partial charge in [0, 0.05) is 27.1 Å². The van der Waals surface area contributed by atoms with Crippen LogP contribution in [0.3, 0.4) is 0 Å². The molecule has 2 amide bonds. The molecule has 1 fully saturated rings. The Hall–Kier alpha value is -1.81. The molecule has 1 aromatic rings. The number of methoxy groups -OCH3 is 2. The minimum atomic E-state index is -3.75. The Labute approximate surface area is 140 Å². The Balaban J connectivity index is 2.13. The van der Waals surface area contributed by atoms with Gasteiger partial charge in [0.05, 0.1) is 17.1 Å². The van der Waals surface area contributed by atoms with E-state index in [1.807, 2.05) is 0 Å². The number of ether oxygens (including phenoxy) is 2. The molecule has 24 heavy (non-hydrogen) atoms.